The van der Waals surface area contributed by atoms with E-state index in [2.05, 4.69) is 17.1 Å². The molecule has 2 rings (SSSR count). The Balaban J connectivity index is 1.92. The largest absolute Gasteiger partial charge is 0.360 e. The predicted molar refractivity (Wildman–Crippen MR) is 47.8 cm³/mol. The second-order valence-electron chi connectivity index (χ2n) is 3.69. The molecule has 12 heavy (non-hydrogen) atoms. The lowest BCUT2D eigenvalue weighted by molar-refractivity contribution is 0.0752. The molecule has 0 aromatic heterocycles. The number of fused-ring (bicyclic) bond motifs is 1. The summed E-state index contributed by atoms with van der Waals surface area (Å²) in [7, 11) is 0. The van der Waals surface area contributed by atoms with Crippen molar-refractivity contribution in [3.8, 4) is 0 Å². The van der Waals surface area contributed by atoms with Crippen LogP contribution >= 0.6 is 0 Å². The number of hydrogen-bond acceptors (Lipinski definition) is 3. The zero-order valence-electron chi connectivity index (χ0n) is 7.75. The van der Waals surface area contributed by atoms with E-state index in [9.17, 15) is 0 Å². The van der Waals surface area contributed by atoms with Crippen LogP contribution in [0.3, 0.4) is 0 Å². The van der Waals surface area contributed by atoms with Crippen LogP contribution in [0.15, 0.2) is 0 Å². The van der Waals surface area contributed by atoms with Crippen molar-refractivity contribution < 1.29 is 4.74 Å². The van der Waals surface area contributed by atoms with Gasteiger partial charge in [-0.25, -0.2) is 0 Å². The summed E-state index contributed by atoms with van der Waals surface area (Å²) in [6.07, 6.45) is 4.69. The number of nitrogens with zero attached hydrogens (tertiary/aromatic N) is 1. The van der Waals surface area contributed by atoms with Gasteiger partial charge in [0.2, 0.25) is 0 Å². The van der Waals surface area contributed by atoms with Gasteiger partial charge in [-0.15, -0.1) is 0 Å². The quantitative estimate of drug-likeness (QED) is 0.662. The van der Waals surface area contributed by atoms with E-state index in [1.54, 1.807) is 0 Å². The summed E-state index contributed by atoms with van der Waals surface area (Å²) in [4.78, 5) is 2.41. The highest BCUT2D eigenvalue weighted by Gasteiger charge is 2.35. The molecule has 0 aromatic rings. The minimum atomic E-state index is 0.463. The number of ether oxygens (including phenoxy) is 1. The van der Waals surface area contributed by atoms with E-state index >= 15 is 0 Å². The Bertz CT molecular complexity index is 151. The summed E-state index contributed by atoms with van der Waals surface area (Å²) < 4.78 is 5.69. The molecule has 2 saturated heterocycles. The van der Waals surface area contributed by atoms with Crippen LogP contribution in [-0.4, -0.2) is 37.0 Å². The Morgan fingerprint density at radius 1 is 1.58 bits per heavy atom. The van der Waals surface area contributed by atoms with Crippen molar-refractivity contribution in [3.63, 3.8) is 0 Å². The lowest BCUT2D eigenvalue weighted by Crippen LogP contribution is -2.50. The second kappa shape index (κ2) is 3.73. The Morgan fingerprint density at radius 3 is 3.33 bits per heavy atom. The molecule has 2 aliphatic heterocycles. The van der Waals surface area contributed by atoms with Gasteiger partial charge >= 0.3 is 0 Å². The van der Waals surface area contributed by atoms with Gasteiger partial charge in [-0.3, -0.25) is 10.2 Å². The first kappa shape index (κ1) is 8.48. The molecule has 0 aromatic carbocycles. The van der Waals surface area contributed by atoms with E-state index in [1.807, 2.05) is 0 Å². The topological polar surface area (TPSA) is 24.5 Å². The minimum absolute atomic E-state index is 0.463. The maximum absolute atomic E-state index is 5.69. The third-order valence-electron chi connectivity index (χ3n) is 2.73. The SMILES string of the molecule is CCCN1COC2CCCNC21. The van der Waals surface area contributed by atoms with Crippen molar-refractivity contribution in [2.45, 2.75) is 38.5 Å². The lowest BCUT2D eigenvalue weighted by atomic mass is 10.1. The zero-order valence-corrected chi connectivity index (χ0v) is 7.75. The van der Waals surface area contributed by atoms with Gasteiger partial charge in [0, 0.05) is 6.54 Å². The third-order valence-corrected chi connectivity index (χ3v) is 2.73. The van der Waals surface area contributed by atoms with Crippen LogP contribution in [-0.2, 0) is 4.74 Å². The standard InChI is InChI=1S/C9H18N2O/c1-2-6-11-7-12-8-4-3-5-10-9(8)11/h8-10H,2-7H2,1H3. The van der Waals surface area contributed by atoms with Gasteiger partial charge in [0.05, 0.1) is 12.3 Å². The summed E-state index contributed by atoms with van der Waals surface area (Å²) in [6.45, 7) is 5.37. The fourth-order valence-corrected chi connectivity index (χ4v) is 2.14. The van der Waals surface area contributed by atoms with E-state index in [1.165, 1.54) is 19.3 Å². The Labute approximate surface area is 74.1 Å². The molecule has 3 nitrogen and oxygen atoms in total. The van der Waals surface area contributed by atoms with Crippen LogP contribution in [0.25, 0.3) is 0 Å². The first-order valence-electron chi connectivity index (χ1n) is 5.01. The van der Waals surface area contributed by atoms with E-state index in [4.69, 9.17) is 4.74 Å². The molecule has 0 amide bonds. The number of hydrogen-bond donors (Lipinski definition) is 1. The molecule has 0 spiro atoms. The fraction of sp³-hybridized carbons (Fsp3) is 1.00. The molecule has 0 radical (unpaired) electrons. The smallest absolute Gasteiger partial charge is 0.101 e. The average Bonchev–Trinajstić information content (AvgIpc) is 2.50. The summed E-state index contributed by atoms with van der Waals surface area (Å²) in [5.74, 6) is 0. The zero-order chi connectivity index (χ0) is 8.39. The van der Waals surface area contributed by atoms with E-state index < -0.39 is 0 Å². The van der Waals surface area contributed by atoms with Gasteiger partial charge in [-0.05, 0) is 25.8 Å². The van der Waals surface area contributed by atoms with Crippen LogP contribution in [0.1, 0.15) is 26.2 Å². The van der Waals surface area contributed by atoms with E-state index in [0.29, 0.717) is 12.3 Å². The van der Waals surface area contributed by atoms with Gasteiger partial charge < -0.3 is 4.74 Å². The molecule has 2 atom stereocenters. The molecule has 2 heterocycles. The fourth-order valence-electron chi connectivity index (χ4n) is 2.14. The van der Waals surface area contributed by atoms with E-state index in [-0.39, 0.29) is 0 Å². The highest BCUT2D eigenvalue weighted by molar-refractivity contribution is 4.85. The van der Waals surface area contributed by atoms with Crippen molar-refractivity contribution in [2.75, 3.05) is 19.8 Å². The van der Waals surface area contributed by atoms with Gasteiger partial charge in [0.15, 0.2) is 0 Å². The van der Waals surface area contributed by atoms with E-state index in [0.717, 1.165) is 19.8 Å². The van der Waals surface area contributed by atoms with Crippen molar-refractivity contribution in [1.82, 2.24) is 10.2 Å². The van der Waals surface area contributed by atoms with Crippen LogP contribution in [0, 0.1) is 0 Å². The molecule has 70 valence electrons. The molecule has 0 aliphatic carbocycles. The number of rotatable bonds is 2. The van der Waals surface area contributed by atoms with Crippen molar-refractivity contribution in [2.24, 2.45) is 0 Å². The summed E-state index contributed by atoms with van der Waals surface area (Å²) in [5.41, 5.74) is 0. The Kier molecular flexibility index (Phi) is 2.63. The highest BCUT2D eigenvalue weighted by Crippen LogP contribution is 2.22. The Hall–Kier alpha value is -0.120. The number of piperidine rings is 1. The van der Waals surface area contributed by atoms with Crippen molar-refractivity contribution >= 4 is 0 Å². The predicted octanol–water partition coefficient (Wildman–Crippen LogP) is 0.764. The first-order valence-corrected chi connectivity index (χ1v) is 5.01. The Morgan fingerprint density at radius 2 is 2.50 bits per heavy atom. The summed E-state index contributed by atoms with van der Waals surface area (Å²) in [5, 5.41) is 3.52. The molecule has 2 fully saturated rings. The minimum Gasteiger partial charge on any atom is -0.360 e. The van der Waals surface area contributed by atoms with Crippen LogP contribution < -0.4 is 5.32 Å². The molecular formula is C9H18N2O. The maximum atomic E-state index is 5.69. The molecule has 0 saturated carbocycles. The average molecular weight is 170 g/mol. The van der Waals surface area contributed by atoms with Crippen LogP contribution in [0.2, 0.25) is 0 Å². The molecule has 2 unspecified atom stereocenters. The molecular weight excluding hydrogens is 152 g/mol. The normalized spacial score (nSPS) is 36.8. The van der Waals surface area contributed by atoms with Crippen molar-refractivity contribution in [3.05, 3.63) is 0 Å². The van der Waals surface area contributed by atoms with Crippen LogP contribution in [0.4, 0.5) is 0 Å². The summed E-state index contributed by atoms with van der Waals surface area (Å²) >= 11 is 0. The summed E-state index contributed by atoms with van der Waals surface area (Å²) in [6, 6.07) is 0. The molecule has 1 N–H and O–H groups in total. The molecule has 0 bridgehead atoms. The first-order chi connectivity index (χ1) is 5.92. The molecule has 2 aliphatic rings. The van der Waals surface area contributed by atoms with Crippen LogP contribution in [0.5, 0.6) is 0 Å². The van der Waals surface area contributed by atoms with Gasteiger partial charge in [-0.1, -0.05) is 6.92 Å². The highest BCUT2D eigenvalue weighted by atomic mass is 16.5. The maximum Gasteiger partial charge on any atom is 0.101 e. The monoisotopic (exact) mass is 170 g/mol. The molecule has 3 heteroatoms. The third kappa shape index (κ3) is 1.49. The van der Waals surface area contributed by atoms with Gasteiger partial charge in [0.1, 0.15) is 6.73 Å². The lowest BCUT2D eigenvalue weighted by Gasteiger charge is -2.30. The number of nitrogens with one attached hydrogen (secondary N) is 1. The van der Waals surface area contributed by atoms with Gasteiger partial charge in [-0.2, -0.15) is 0 Å². The second-order valence-corrected chi connectivity index (χ2v) is 3.69. The van der Waals surface area contributed by atoms with Gasteiger partial charge in [0.25, 0.3) is 0 Å². The van der Waals surface area contributed by atoms with Crippen molar-refractivity contribution in [1.29, 1.82) is 0 Å².